The van der Waals surface area contributed by atoms with Crippen LogP contribution in [0.3, 0.4) is 0 Å². The van der Waals surface area contributed by atoms with Gasteiger partial charge in [0.2, 0.25) is 10.0 Å². The molecule has 1 N–H and O–H groups in total. The maximum atomic E-state index is 13.5. The summed E-state index contributed by atoms with van der Waals surface area (Å²) in [6.07, 6.45) is 0. The van der Waals surface area contributed by atoms with Gasteiger partial charge in [-0.25, -0.2) is 21.9 Å². The molecule has 0 bridgehead atoms. The number of halogens is 2. The molecule has 0 saturated carbocycles. The lowest BCUT2D eigenvalue weighted by Gasteiger charge is -2.11. The van der Waals surface area contributed by atoms with Crippen molar-refractivity contribution in [3.05, 3.63) is 59.2 Å². The number of hydrogen-bond donors (Lipinski definition) is 1. The van der Waals surface area contributed by atoms with E-state index in [-0.39, 0.29) is 13.2 Å². The summed E-state index contributed by atoms with van der Waals surface area (Å²) < 4.78 is 58.2. The van der Waals surface area contributed by atoms with Crippen LogP contribution in [0.5, 0.6) is 5.75 Å². The summed E-state index contributed by atoms with van der Waals surface area (Å²) in [7, 11) is -4.13. The summed E-state index contributed by atoms with van der Waals surface area (Å²) in [6.45, 7) is 3.85. The van der Waals surface area contributed by atoms with Gasteiger partial charge in [-0.05, 0) is 43.7 Å². The van der Waals surface area contributed by atoms with E-state index in [2.05, 4.69) is 4.72 Å². The fourth-order valence-electron chi connectivity index (χ4n) is 2.06. The van der Waals surface area contributed by atoms with Gasteiger partial charge in [0.25, 0.3) is 0 Å². The lowest BCUT2D eigenvalue weighted by molar-refractivity contribution is 0.320. The molecule has 0 heterocycles. The van der Waals surface area contributed by atoms with Crippen molar-refractivity contribution in [3.63, 3.8) is 0 Å². The van der Waals surface area contributed by atoms with E-state index in [4.69, 9.17) is 4.74 Å². The van der Waals surface area contributed by atoms with E-state index in [1.165, 1.54) is 0 Å². The Bertz CT molecular complexity index is 807. The zero-order valence-electron chi connectivity index (χ0n) is 12.8. The molecule has 0 saturated heterocycles. The average molecular weight is 341 g/mol. The van der Waals surface area contributed by atoms with Crippen LogP contribution >= 0.6 is 0 Å². The van der Waals surface area contributed by atoms with E-state index in [1.807, 2.05) is 26.0 Å². The van der Waals surface area contributed by atoms with Crippen molar-refractivity contribution in [3.8, 4) is 5.75 Å². The SMILES string of the molecule is Cc1ccc(OCCNS(=O)(=O)c2cc(F)ccc2F)c(C)c1. The molecule has 0 aliphatic carbocycles. The Labute approximate surface area is 134 Å². The van der Waals surface area contributed by atoms with Crippen LogP contribution in [-0.4, -0.2) is 21.6 Å². The minimum Gasteiger partial charge on any atom is -0.492 e. The minimum atomic E-state index is -4.13. The molecule has 0 spiro atoms. The minimum absolute atomic E-state index is 0.0639. The van der Waals surface area contributed by atoms with Gasteiger partial charge in [0.15, 0.2) is 0 Å². The maximum Gasteiger partial charge on any atom is 0.243 e. The fraction of sp³-hybridized carbons (Fsp3) is 0.250. The molecule has 0 amide bonds. The van der Waals surface area contributed by atoms with Gasteiger partial charge in [-0.2, -0.15) is 0 Å². The van der Waals surface area contributed by atoms with Gasteiger partial charge in [0.05, 0.1) is 0 Å². The summed E-state index contributed by atoms with van der Waals surface area (Å²) in [6, 6.07) is 7.90. The van der Waals surface area contributed by atoms with Crippen molar-refractivity contribution < 1.29 is 21.9 Å². The van der Waals surface area contributed by atoms with Crippen molar-refractivity contribution in [1.29, 1.82) is 0 Å². The molecule has 2 rings (SSSR count). The summed E-state index contributed by atoms with van der Waals surface area (Å²) in [5.74, 6) is -1.18. The lowest BCUT2D eigenvalue weighted by atomic mass is 10.1. The number of rotatable bonds is 6. The van der Waals surface area contributed by atoms with Gasteiger partial charge in [-0.1, -0.05) is 17.7 Å². The molecule has 4 nitrogen and oxygen atoms in total. The van der Waals surface area contributed by atoms with Gasteiger partial charge in [-0.3, -0.25) is 0 Å². The lowest BCUT2D eigenvalue weighted by Crippen LogP contribution is -2.29. The Morgan fingerprint density at radius 3 is 2.52 bits per heavy atom. The topological polar surface area (TPSA) is 55.4 Å². The van der Waals surface area contributed by atoms with E-state index in [1.54, 1.807) is 6.07 Å². The molecule has 0 aliphatic rings. The molecule has 23 heavy (non-hydrogen) atoms. The molecule has 124 valence electrons. The zero-order chi connectivity index (χ0) is 17.0. The van der Waals surface area contributed by atoms with Gasteiger partial charge in [0.1, 0.15) is 28.9 Å². The predicted molar refractivity (Wildman–Crippen MR) is 83.0 cm³/mol. The van der Waals surface area contributed by atoms with Crippen LogP contribution < -0.4 is 9.46 Å². The maximum absolute atomic E-state index is 13.5. The van der Waals surface area contributed by atoms with Crippen molar-refractivity contribution in [1.82, 2.24) is 4.72 Å². The van der Waals surface area contributed by atoms with E-state index >= 15 is 0 Å². The van der Waals surface area contributed by atoms with Crippen LogP contribution in [0.2, 0.25) is 0 Å². The number of nitrogens with one attached hydrogen (secondary N) is 1. The van der Waals surface area contributed by atoms with Gasteiger partial charge in [0, 0.05) is 6.54 Å². The van der Waals surface area contributed by atoms with E-state index < -0.39 is 26.6 Å². The second-order valence-corrected chi connectivity index (χ2v) is 6.83. The number of benzene rings is 2. The third-order valence-electron chi connectivity index (χ3n) is 3.16. The highest BCUT2D eigenvalue weighted by Gasteiger charge is 2.19. The Morgan fingerprint density at radius 2 is 1.83 bits per heavy atom. The first-order valence-electron chi connectivity index (χ1n) is 6.94. The quantitative estimate of drug-likeness (QED) is 0.822. The molecule has 0 radical (unpaired) electrons. The molecular weight excluding hydrogens is 324 g/mol. The highest BCUT2D eigenvalue weighted by atomic mass is 32.2. The molecule has 2 aromatic rings. The van der Waals surface area contributed by atoms with Gasteiger partial charge in [-0.15, -0.1) is 0 Å². The molecule has 0 aliphatic heterocycles. The average Bonchev–Trinajstić information content (AvgIpc) is 2.48. The van der Waals surface area contributed by atoms with Crippen molar-refractivity contribution in [2.75, 3.05) is 13.2 Å². The molecule has 7 heteroatoms. The van der Waals surface area contributed by atoms with Crippen LogP contribution in [0.15, 0.2) is 41.3 Å². The van der Waals surface area contributed by atoms with Crippen LogP contribution in [0.4, 0.5) is 8.78 Å². The predicted octanol–water partition coefficient (Wildman–Crippen LogP) is 2.94. The molecule has 2 aromatic carbocycles. The summed E-state index contributed by atoms with van der Waals surface area (Å²) in [5, 5.41) is 0. The van der Waals surface area contributed by atoms with Crippen LogP contribution in [0.1, 0.15) is 11.1 Å². The second kappa shape index (κ2) is 7.06. The molecule has 0 unspecified atom stereocenters. The third-order valence-corrected chi connectivity index (χ3v) is 4.64. The van der Waals surface area contributed by atoms with Crippen LogP contribution in [0, 0.1) is 25.5 Å². The summed E-state index contributed by atoms with van der Waals surface area (Å²) in [4.78, 5) is -0.719. The Hall–Kier alpha value is -1.99. The Kier molecular flexibility index (Phi) is 5.33. The Balaban J connectivity index is 1.96. The largest absolute Gasteiger partial charge is 0.492 e. The second-order valence-electron chi connectivity index (χ2n) is 5.09. The Morgan fingerprint density at radius 1 is 1.09 bits per heavy atom. The van der Waals surface area contributed by atoms with E-state index in [0.717, 1.165) is 23.3 Å². The van der Waals surface area contributed by atoms with Crippen molar-refractivity contribution >= 4 is 10.0 Å². The highest BCUT2D eigenvalue weighted by molar-refractivity contribution is 7.89. The molecule has 0 aromatic heterocycles. The van der Waals surface area contributed by atoms with Crippen molar-refractivity contribution in [2.45, 2.75) is 18.7 Å². The first-order valence-corrected chi connectivity index (χ1v) is 8.43. The van der Waals surface area contributed by atoms with Gasteiger partial charge >= 0.3 is 0 Å². The molecular formula is C16H17F2NO3S. The first kappa shape index (κ1) is 17.4. The number of hydrogen-bond acceptors (Lipinski definition) is 3. The normalized spacial score (nSPS) is 11.5. The first-order chi connectivity index (χ1) is 10.8. The van der Waals surface area contributed by atoms with Crippen LogP contribution in [-0.2, 0) is 10.0 Å². The number of sulfonamides is 1. The number of aryl methyl sites for hydroxylation is 2. The van der Waals surface area contributed by atoms with E-state index in [9.17, 15) is 17.2 Å². The van der Waals surface area contributed by atoms with E-state index in [0.29, 0.717) is 11.8 Å². The molecule has 0 atom stereocenters. The van der Waals surface area contributed by atoms with Crippen LogP contribution in [0.25, 0.3) is 0 Å². The summed E-state index contributed by atoms with van der Waals surface area (Å²) in [5.41, 5.74) is 2.03. The fourth-order valence-corrected chi connectivity index (χ4v) is 3.16. The van der Waals surface area contributed by atoms with Gasteiger partial charge < -0.3 is 4.74 Å². The van der Waals surface area contributed by atoms with Crippen molar-refractivity contribution in [2.24, 2.45) is 0 Å². The zero-order valence-corrected chi connectivity index (χ0v) is 13.6. The smallest absolute Gasteiger partial charge is 0.243 e. The standard InChI is InChI=1S/C16H17F2NO3S/c1-11-3-6-15(12(2)9-11)22-8-7-19-23(20,21)16-10-13(17)4-5-14(16)18/h3-6,9-10,19H,7-8H2,1-2H3. The monoisotopic (exact) mass is 341 g/mol. The molecule has 0 fully saturated rings. The third kappa shape index (κ3) is 4.49. The highest BCUT2D eigenvalue weighted by Crippen LogP contribution is 2.19. The number of ether oxygens (including phenoxy) is 1. The summed E-state index contributed by atoms with van der Waals surface area (Å²) >= 11 is 0.